The van der Waals surface area contributed by atoms with Gasteiger partial charge in [-0.25, -0.2) is 0 Å². The van der Waals surface area contributed by atoms with Crippen LogP contribution in [0.4, 0.5) is 0 Å². The SMILES string of the molecule is O=C(NCC1CCCO1)C(=O)N1CCN(Cc2ccc3c(c2)OCO3)CC1. The Hall–Kier alpha value is -2.32. The highest BCUT2D eigenvalue weighted by atomic mass is 16.7. The van der Waals surface area contributed by atoms with Crippen molar-refractivity contribution in [1.29, 1.82) is 0 Å². The van der Waals surface area contributed by atoms with Gasteiger partial charge >= 0.3 is 11.8 Å². The topological polar surface area (TPSA) is 80.3 Å². The van der Waals surface area contributed by atoms with Crippen molar-refractivity contribution in [1.82, 2.24) is 15.1 Å². The van der Waals surface area contributed by atoms with E-state index in [-0.39, 0.29) is 12.9 Å². The maximum Gasteiger partial charge on any atom is 0.311 e. The summed E-state index contributed by atoms with van der Waals surface area (Å²) in [6.07, 6.45) is 1.99. The Morgan fingerprint density at radius 3 is 2.70 bits per heavy atom. The average molecular weight is 375 g/mol. The molecule has 0 aliphatic carbocycles. The van der Waals surface area contributed by atoms with Crippen LogP contribution in [0.2, 0.25) is 0 Å². The summed E-state index contributed by atoms with van der Waals surface area (Å²) < 4.78 is 16.2. The van der Waals surface area contributed by atoms with Crippen molar-refractivity contribution in [3.05, 3.63) is 23.8 Å². The molecule has 27 heavy (non-hydrogen) atoms. The Morgan fingerprint density at radius 2 is 1.93 bits per heavy atom. The molecule has 1 atom stereocenters. The van der Waals surface area contributed by atoms with Crippen LogP contribution >= 0.6 is 0 Å². The molecule has 0 saturated carbocycles. The highest BCUT2D eigenvalue weighted by Crippen LogP contribution is 2.32. The van der Waals surface area contributed by atoms with Crippen LogP contribution in [0.1, 0.15) is 18.4 Å². The molecule has 3 aliphatic rings. The number of carbonyl (C=O) groups excluding carboxylic acids is 2. The number of piperazine rings is 1. The van der Waals surface area contributed by atoms with Crippen LogP contribution < -0.4 is 14.8 Å². The number of rotatable bonds is 4. The minimum Gasteiger partial charge on any atom is -0.454 e. The van der Waals surface area contributed by atoms with Crippen molar-refractivity contribution in [2.75, 3.05) is 46.1 Å². The minimum atomic E-state index is -0.533. The Kier molecular flexibility index (Phi) is 5.45. The first-order valence-corrected chi connectivity index (χ1v) is 9.48. The van der Waals surface area contributed by atoms with Crippen molar-refractivity contribution in [2.24, 2.45) is 0 Å². The minimum absolute atomic E-state index is 0.0419. The summed E-state index contributed by atoms with van der Waals surface area (Å²) >= 11 is 0. The van der Waals surface area contributed by atoms with Crippen LogP contribution in [-0.2, 0) is 20.9 Å². The van der Waals surface area contributed by atoms with E-state index in [0.29, 0.717) is 19.6 Å². The highest BCUT2D eigenvalue weighted by Gasteiger charge is 2.27. The largest absolute Gasteiger partial charge is 0.454 e. The summed E-state index contributed by atoms with van der Waals surface area (Å²) in [7, 11) is 0. The monoisotopic (exact) mass is 375 g/mol. The van der Waals surface area contributed by atoms with Crippen LogP contribution in [0, 0.1) is 0 Å². The molecule has 0 bridgehead atoms. The lowest BCUT2D eigenvalue weighted by Gasteiger charge is -2.34. The third-order valence-electron chi connectivity index (χ3n) is 5.21. The summed E-state index contributed by atoms with van der Waals surface area (Å²) in [5, 5.41) is 2.70. The Labute approximate surface area is 158 Å². The molecule has 0 radical (unpaired) electrons. The van der Waals surface area contributed by atoms with Gasteiger partial charge in [-0.1, -0.05) is 6.07 Å². The molecule has 1 unspecified atom stereocenters. The molecule has 2 amide bonds. The third-order valence-corrected chi connectivity index (χ3v) is 5.21. The fraction of sp³-hybridized carbons (Fsp3) is 0.579. The van der Waals surface area contributed by atoms with E-state index in [1.54, 1.807) is 4.90 Å². The van der Waals surface area contributed by atoms with E-state index in [9.17, 15) is 9.59 Å². The number of amides is 2. The fourth-order valence-electron chi connectivity index (χ4n) is 3.64. The van der Waals surface area contributed by atoms with Crippen LogP contribution in [0.3, 0.4) is 0 Å². The number of ether oxygens (including phenoxy) is 3. The molecule has 2 fully saturated rings. The van der Waals surface area contributed by atoms with Gasteiger partial charge in [0.1, 0.15) is 0 Å². The zero-order valence-corrected chi connectivity index (χ0v) is 15.3. The van der Waals surface area contributed by atoms with Gasteiger partial charge in [0.15, 0.2) is 11.5 Å². The number of nitrogens with one attached hydrogen (secondary N) is 1. The van der Waals surface area contributed by atoms with Gasteiger partial charge in [0, 0.05) is 45.9 Å². The molecule has 0 spiro atoms. The lowest BCUT2D eigenvalue weighted by molar-refractivity contribution is -0.147. The molecule has 1 N–H and O–H groups in total. The number of hydrogen-bond acceptors (Lipinski definition) is 6. The normalized spacial score (nSPS) is 22.1. The van der Waals surface area contributed by atoms with E-state index in [1.807, 2.05) is 18.2 Å². The Balaban J connectivity index is 1.22. The van der Waals surface area contributed by atoms with Gasteiger partial charge in [-0.05, 0) is 30.5 Å². The summed E-state index contributed by atoms with van der Waals surface area (Å²) in [5.41, 5.74) is 1.15. The van der Waals surface area contributed by atoms with Gasteiger partial charge in [0.05, 0.1) is 6.10 Å². The Morgan fingerprint density at radius 1 is 1.11 bits per heavy atom. The molecule has 3 aliphatic heterocycles. The van der Waals surface area contributed by atoms with Gasteiger partial charge in [-0.3, -0.25) is 14.5 Å². The number of fused-ring (bicyclic) bond motifs is 1. The molecule has 3 heterocycles. The number of carbonyl (C=O) groups is 2. The quantitative estimate of drug-likeness (QED) is 0.766. The van der Waals surface area contributed by atoms with E-state index in [0.717, 1.165) is 56.1 Å². The fourth-order valence-corrected chi connectivity index (χ4v) is 3.64. The predicted octanol–water partition coefficient (Wildman–Crippen LogP) is 0.355. The molecule has 8 nitrogen and oxygen atoms in total. The second kappa shape index (κ2) is 8.14. The van der Waals surface area contributed by atoms with E-state index < -0.39 is 11.8 Å². The average Bonchev–Trinajstić information content (AvgIpc) is 3.37. The molecular weight excluding hydrogens is 350 g/mol. The van der Waals surface area contributed by atoms with Gasteiger partial charge in [-0.2, -0.15) is 0 Å². The highest BCUT2D eigenvalue weighted by molar-refractivity contribution is 6.35. The van der Waals surface area contributed by atoms with Gasteiger partial charge in [0.25, 0.3) is 0 Å². The summed E-state index contributed by atoms with van der Waals surface area (Å²) in [6.45, 7) is 4.78. The number of nitrogens with zero attached hydrogens (tertiary/aromatic N) is 2. The van der Waals surface area contributed by atoms with Gasteiger partial charge in [0.2, 0.25) is 6.79 Å². The second-order valence-electron chi connectivity index (χ2n) is 7.10. The van der Waals surface area contributed by atoms with E-state index in [2.05, 4.69) is 10.2 Å². The van der Waals surface area contributed by atoms with Gasteiger partial charge < -0.3 is 24.4 Å². The first-order chi connectivity index (χ1) is 13.2. The molecule has 2 saturated heterocycles. The lowest BCUT2D eigenvalue weighted by Crippen LogP contribution is -2.52. The molecule has 1 aromatic carbocycles. The van der Waals surface area contributed by atoms with Crippen LogP contribution in [0.15, 0.2) is 18.2 Å². The summed E-state index contributed by atoms with van der Waals surface area (Å²) in [6, 6.07) is 5.96. The molecular formula is C19H25N3O5. The van der Waals surface area contributed by atoms with Crippen LogP contribution in [-0.4, -0.2) is 73.8 Å². The van der Waals surface area contributed by atoms with Crippen molar-refractivity contribution >= 4 is 11.8 Å². The smallest absolute Gasteiger partial charge is 0.311 e. The summed E-state index contributed by atoms with van der Waals surface area (Å²) in [5.74, 6) is 0.581. The molecule has 1 aromatic rings. The third kappa shape index (κ3) is 4.33. The predicted molar refractivity (Wildman–Crippen MR) is 96.4 cm³/mol. The van der Waals surface area contributed by atoms with Crippen LogP contribution in [0.25, 0.3) is 0 Å². The van der Waals surface area contributed by atoms with Gasteiger partial charge in [-0.15, -0.1) is 0 Å². The first kappa shape index (κ1) is 18.1. The Bertz CT molecular complexity index is 697. The lowest BCUT2D eigenvalue weighted by atomic mass is 10.1. The molecule has 146 valence electrons. The zero-order chi connectivity index (χ0) is 18.6. The molecule has 8 heteroatoms. The van der Waals surface area contributed by atoms with Crippen molar-refractivity contribution in [2.45, 2.75) is 25.5 Å². The summed E-state index contributed by atoms with van der Waals surface area (Å²) in [4.78, 5) is 28.3. The standard InChI is InChI=1S/C19H25N3O5/c23-18(20-11-15-2-1-9-25-15)19(24)22-7-5-21(6-8-22)12-14-3-4-16-17(10-14)27-13-26-16/h3-4,10,15H,1-2,5-9,11-13H2,(H,20,23). The second-order valence-corrected chi connectivity index (χ2v) is 7.10. The maximum absolute atomic E-state index is 12.3. The van der Waals surface area contributed by atoms with E-state index in [4.69, 9.17) is 14.2 Å². The molecule has 4 rings (SSSR count). The zero-order valence-electron chi connectivity index (χ0n) is 15.3. The van der Waals surface area contributed by atoms with E-state index >= 15 is 0 Å². The number of benzene rings is 1. The van der Waals surface area contributed by atoms with E-state index in [1.165, 1.54) is 0 Å². The van der Waals surface area contributed by atoms with Crippen molar-refractivity contribution < 1.29 is 23.8 Å². The first-order valence-electron chi connectivity index (χ1n) is 9.48. The maximum atomic E-state index is 12.3. The van der Waals surface area contributed by atoms with Crippen molar-refractivity contribution in [3.63, 3.8) is 0 Å². The van der Waals surface area contributed by atoms with Crippen molar-refractivity contribution in [3.8, 4) is 11.5 Å². The molecule has 0 aromatic heterocycles. The number of hydrogen-bond donors (Lipinski definition) is 1. The van der Waals surface area contributed by atoms with Crippen LogP contribution in [0.5, 0.6) is 11.5 Å².